The van der Waals surface area contributed by atoms with Crippen molar-refractivity contribution in [3.8, 4) is 5.69 Å². The molecule has 6 nitrogen and oxygen atoms in total. The van der Waals surface area contributed by atoms with Gasteiger partial charge in [-0.05, 0) is 56.9 Å². The predicted molar refractivity (Wildman–Crippen MR) is 124 cm³/mol. The Labute approximate surface area is 188 Å². The van der Waals surface area contributed by atoms with E-state index in [4.69, 9.17) is 5.10 Å². The molecule has 1 aliphatic heterocycles. The molecule has 1 unspecified atom stereocenters. The van der Waals surface area contributed by atoms with E-state index in [1.165, 1.54) is 0 Å². The number of nitrogens with zero attached hydrogens (tertiary/aromatic N) is 2. The van der Waals surface area contributed by atoms with Crippen molar-refractivity contribution in [1.82, 2.24) is 15.1 Å². The normalized spacial score (nSPS) is 20.6. The molecule has 2 aromatic carbocycles. The first-order chi connectivity index (χ1) is 15.5. The van der Waals surface area contributed by atoms with Crippen molar-refractivity contribution in [3.63, 3.8) is 0 Å². The van der Waals surface area contributed by atoms with Crippen LogP contribution in [-0.2, 0) is 4.79 Å². The number of nitrogens with one attached hydrogen (secondary N) is 2. The van der Waals surface area contributed by atoms with Gasteiger partial charge in [0.15, 0.2) is 0 Å². The highest BCUT2D eigenvalue weighted by atomic mass is 16.2. The molecule has 1 saturated carbocycles. The van der Waals surface area contributed by atoms with Crippen LogP contribution in [0.2, 0.25) is 0 Å². The van der Waals surface area contributed by atoms with Crippen LogP contribution in [0.3, 0.4) is 0 Å². The summed E-state index contributed by atoms with van der Waals surface area (Å²) in [5.74, 6) is 0.597. The minimum Gasteiger partial charge on any atom is -0.340 e. The number of aryl methyl sites for hydroxylation is 2. The van der Waals surface area contributed by atoms with E-state index >= 15 is 0 Å². The number of hydrogen-bond donors (Lipinski definition) is 2. The van der Waals surface area contributed by atoms with Crippen LogP contribution in [0.4, 0.5) is 5.82 Å². The van der Waals surface area contributed by atoms with E-state index in [0.29, 0.717) is 11.5 Å². The van der Waals surface area contributed by atoms with Crippen molar-refractivity contribution >= 4 is 17.6 Å². The number of hydrogen-bond acceptors (Lipinski definition) is 3. The highest BCUT2D eigenvalue weighted by Crippen LogP contribution is 2.46. The minimum atomic E-state index is -0.620. The van der Waals surface area contributed by atoms with Crippen molar-refractivity contribution in [1.29, 1.82) is 0 Å². The summed E-state index contributed by atoms with van der Waals surface area (Å²) in [6, 6.07) is 16.7. The summed E-state index contributed by atoms with van der Waals surface area (Å²) in [5, 5.41) is 10.9. The second-order valence-electron chi connectivity index (χ2n) is 8.98. The Morgan fingerprint density at radius 3 is 2.53 bits per heavy atom. The molecule has 32 heavy (non-hydrogen) atoms. The van der Waals surface area contributed by atoms with Crippen molar-refractivity contribution in [3.05, 3.63) is 77.0 Å². The molecular formula is C26H28N4O2. The van der Waals surface area contributed by atoms with Gasteiger partial charge in [0.25, 0.3) is 5.91 Å². The number of anilines is 1. The lowest BCUT2D eigenvalue weighted by molar-refractivity contribution is -0.119. The van der Waals surface area contributed by atoms with Gasteiger partial charge < -0.3 is 10.6 Å². The van der Waals surface area contributed by atoms with Gasteiger partial charge in [0.2, 0.25) is 5.91 Å². The zero-order valence-corrected chi connectivity index (χ0v) is 18.5. The monoisotopic (exact) mass is 428 g/mol. The first kappa shape index (κ1) is 20.5. The van der Waals surface area contributed by atoms with Gasteiger partial charge in [-0.3, -0.25) is 9.59 Å². The van der Waals surface area contributed by atoms with E-state index in [0.717, 1.165) is 54.0 Å². The molecule has 2 heterocycles. The van der Waals surface area contributed by atoms with E-state index in [9.17, 15) is 9.59 Å². The summed E-state index contributed by atoms with van der Waals surface area (Å²) in [6.45, 7) is 3.95. The number of carbonyl (C=O) groups excluding carboxylic acids is 2. The second-order valence-corrected chi connectivity index (χ2v) is 8.98. The lowest BCUT2D eigenvalue weighted by Gasteiger charge is -2.36. The van der Waals surface area contributed by atoms with E-state index < -0.39 is 6.04 Å². The maximum Gasteiger partial charge on any atom is 0.251 e. The summed E-state index contributed by atoms with van der Waals surface area (Å²) in [5.41, 5.74) is 4.45. The number of aromatic nitrogens is 2. The van der Waals surface area contributed by atoms with Crippen molar-refractivity contribution in [2.24, 2.45) is 5.92 Å². The highest BCUT2D eigenvalue weighted by Gasteiger charge is 2.45. The van der Waals surface area contributed by atoms with Crippen LogP contribution in [0.1, 0.15) is 58.8 Å². The molecule has 3 aromatic rings. The summed E-state index contributed by atoms with van der Waals surface area (Å²) in [7, 11) is 0. The molecule has 1 aromatic heterocycles. The molecule has 1 aliphatic carbocycles. The average Bonchev–Trinajstić information content (AvgIpc) is 3.43. The summed E-state index contributed by atoms with van der Waals surface area (Å²) >= 11 is 0. The highest BCUT2D eigenvalue weighted by molar-refractivity contribution is 6.03. The Hall–Kier alpha value is -3.41. The fourth-order valence-electron chi connectivity index (χ4n) is 5.33. The van der Waals surface area contributed by atoms with Gasteiger partial charge in [0.05, 0.1) is 11.4 Å². The third-order valence-corrected chi connectivity index (χ3v) is 6.80. The molecule has 5 rings (SSSR count). The Kier molecular flexibility index (Phi) is 5.29. The average molecular weight is 429 g/mol. The first-order valence-electron chi connectivity index (χ1n) is 11.4. The molecule has 0 radical (unpaired) electrons. The van der Waals surface area contributed by atoms with Crippen LogP contribution in [0.25, 0.3) is 5.69 Å². The van der Waals surface area contributed by atoms with Gasteiger partial charge >= 0.3 is 0 Å². The molecule has 2 amide bonds. The number of para-hydroxylation sites is 1. The molecule has 0 saturated heterocycles. The van der Waals surface area contributed by atoms with Crippen LogP contribution in [0.15, 0.2) is 54.6 Å². The number of carbonyl (C=O) groups is 2. The number of rotatable bonds is 4. The van der Waals surface area contributed by atoms with Gasteiger partial charge in [-0.25, -0.2) is 4.68 Å². The molecule has 164 valence electrons. The fraction of sp³-hybridized carbons (Fsp3) is 0.346. The standard InChI is InChI=1S/C26H28N4O2/c1-16-9-8-12-19(15-16)25(31)27-23-22(18-10-6-7-11-18)21-17(2)29-30(24(21)28-26(23)32)20-13-4-3-5-14-20/h3-5,8-9,12-15,18,22-23H,6-7,10-11H2,1-2H3,(H,27,31)(H,28,32)/t22?,23-/m0/s1. The quantitative estimate of drug-likeness (QED) is 0.642. The minimum absolute atomic E-state index is 0.0903. The van der Waals surface area contributed by atoms with Crippen LogP contribution in [-0.4, -0.2) is 27.6 Å². The van der Waals surface area contributed by atoms with Crippen LogP contribution >= 0.6 is 0 Å². The molecule has 1 fully saturated rings. The Morgan fingerprint density at radius 1 is 1.06 bits per heavy atom. The molecule has 2 atom stereocenters. The largest absolute Gasteiger partial charge is 0.340 e. The van der Waals surface area contributed by atoms with Gasteiger partial charge in [-0.1, -0.05) is 48.7 Å². The molecule has 0 bridgehead atoms. The molecule has 6 heteroatoms. The lowest BCUT2D eigenvalue weighted by atomic mass is 9.77. The third-order valence-electron chi connectivity index (χ3n) is 6.80. The predicted octanol–water partition coefficient (Wildman–Crippen LogP) is 4.51. The second kappa shape index (κ2) is 8.26. The van der Waals surface area contributed by atoms with Crippen molar-refractivity contribution < 1.29 is 9.59 Å². The Bertz CT molecular complexity index is 1160. The maximum absolute atomic E-state index is 13.4. The van der Waals surface area contributed by atoms with Gasteiger partial charge in [-0.2, -0.15) is 5.10 Å². The van der Waals surface area contributed by atoms with Gasteiger partial charge in [-0.15, -0.1) is 0 Å². The summed E-state index contributed by atoms with van der Waals surface area (Å²) in [6.07, 6.45) is 4.43. The van der Waals surface area contributed by atoms with E-state index in [-0.39, 0.29) is 17.7 Å². The van der Waals surface area contributed by atoms with Crippen molar-refractivity contribution in [2.75, 3.05) is 5.32 Å². The van der Waals surface area contributed by atoms with E-state index in [1.54, 1.807) is 6.07 Å². The Balaban J connectivity index is 1.55. The molecule has 0 spiro atoms. The van der Waals surface area contributed by atoms with Crippen LogP contribution in [0, 0.1) is 19.8 Å². The zero-order chi connectivity index (χ0) is 22.2. The van der Waals surface area contributed by atoms with Crippen LogP contribution < -0.4 is 10.6 Å². The number of benzene rings is 2. The molecular weight excluding hydrogens is 400 g/mol. The van der Waals surface area contributed by atoms with Crippen LogP contribution in [0.5, 0.6) is 0 Å². The zero-order valence-electron chi connectivity index (χ0n) is 18.5. The topological polar surface area (TPSA) is 76.0 Å². The lowest BCUT2D eigenvalue weighted by Crippen LogP contribution is -2.52. The Morgan fingerprint density at radius 2 is 1.81 bits per heavy atom. The third kappa shape index (κ3) is 3.60. The van der Waals surface area contributed by atoms with Gasteiger partial charge in [0.1, 0.15) is 11.9 Å². The number of amides is 2. The number of fused-ring (bicyclic) bond motifs is 1. The fourth-order valence-corrected chi connectivity index (χ4v) is 5.33. The first-order valence-corrected chi connectivity index (χ1v) is 11.4. The van der Waals surface area contributed by atoms with Crippen molar-refractivity contribution in [2.45, 2.75) is 51.5 Å². The van der Waals surface area contributed by atoms with E-state index in [1.807, 2.05) is 67.1 Å². The summed E-state index contributed by atoms with van der Waals surface area (Å²) < 4.78 is 1.82. The molecule has 2 N–H and O–H groups in total. The summed E-state index contributed by atoms with van der Waals surface area (Å²) in [4.78, 5) is 26.5. The SMILES string of the molecule is Cc1cccc(C(=O)N[C@@H]2C(=O)Nc3c(c(C)nn3-c3ccccc3)C2C2CCCC2)c1. The molecule has 2 aliphatic rings. The van der Waals surface area contributed by atoms with Gasteiger partial charge in [0, 0.05) is 17.0 Å². The van der Waals surface area contributed by atoms with E-state index in [2.05, 4.69) is 10.6 Å². The maximum atomic E-state index is 13.4. The smallest absolute Gasteiger partial charge is 0.251 e.